The summed E-state index contributed by atoms with van der Waals surface area (Å²) in [6.07, 6.45) is 2.66. The molecular formula is C18H21N3. The molecule has 0 bridgehead atoms. The Morgan fingerprint density at radius 2 is 1.95 bits per heavy atom. The van der Waals surface area contributed by atoms with Crippen molar-refractivity contribution in [3.63, 3.8) is 0 Å². The molecule has 2 aromatic carbocycles. The van der Waals surface area contributed by atoms with E-state index in [-0.39, 0.29) is 5.54 Å². The number of guanidine groups is 1. The van der Waals surface area contributed by atoms with Gasteiger partial charge in [-0.15, -0.1) is 0 Å². The first-order valence-electron chi connectivity index (χ1n) is 7.74. The number of nitrogens with two attached hydrogens (primary N) is 1. The maximum absolute atomic E-state index is 6.19. The fourth-order valence-electron chi connectivity index (χ4n) is 3.44. The second-order valence-electron chi connectivity index (χ2n) is 6.53. The van der Waals surface area contributed by atoms with Crippen molar-refractivity contribution in [2.75, 3.05) is 13.1 Å². The van der Waals surface area contributed by atoms with Gasteiger partial charge in [-0.3, -0.25) is 4.99 Å². The third kappa shape index (κ3) is 1.99. The van der Waals surface area contributed by atoms with Crippen molar-refractivity contribution in [2.45, 2.75) is 25.3 Å². The molecule has 3 heteroatoms. The number of nitrogens with zero attached hydrogens (tertiary/aromatic N) is 2. The summed E-state index contributed by atoms with van der Waals surface area (Å²) in [5, 5.41) is 2.60. The van der Waals surface area contributed by atoms with Crippen LogP contribution in [0.15, 0.2) is 47.5 Å². The lowest BCUT2D eigenvalue weighted by atomic mass is 9.87. The van der Waals surface area contributed by atoms with E-state index in [9.17, 15) is 0 Å². The monoisotopic (exact) mass is 279 g/mol. The molecule has 1 aliphatic heterocycles. The average molecular weight is 279 g/mol. The van der Waals surface area contributed by atoms with Gasteiger partial charge in [0.05, 0.1) is 12.1 Å². The molecule has 1 heterocycles. The lowest BCUT2D eigenvalue weighted by Gasteiger charge is -2.37. The Bertz CT molecular complexity index is 712. The normalized spacial score (nSPS) is 25.4. The molecule has 1 aliphatic carbocycles. The maximum atomic E-state index is 6.19. The van der Waals surface area contributed by atoms with Gasteiger partial charge < -0.3 is 10.6 Å². The fraction of sp³-hybridized carbons (Fsp3) is 0.389. The highest BCUT2D eigenvalue weighted by molar-refractivity contribution is 5.89. The van der Waals surface area contributed by atoms with Gasteiger partial charge in [0.2, 0.25) is 0 Å². The zero-order chi connectivity index (χ0) is 14.4. The molecule has 1 unspecified atom stereocenters. The van der Waals surface area contributed by atoms with Gasteiger partial charge in [-0.25, -0.2) is 0 Å². The van der Waals surface area contributed by atoms with E-state index < -0.39 is 0 Å². The summed E-state index contributed by atoms with van der Waals surface area (Å²) < 4.78 is 0. The average Bonchev–Trinajstić information content (AvgIpc) is 3.29. The summed E-state index contributed by atoms with van der Waals surface area (Å²) in [6, 6.07) is 15.1. The molecule has 2 aromatic rings. The van der Waals surface area contributed by atoms with Gasteiger partial charge in [-0.1, -0.05) is 42.5 Å². The number of hydrogen-bond acceptors (Lipinski definition) is 3. The summed E-state index contributed by atoms with van der Waals surface area (Å²) >= 11 is 0. The lowest BCUT2D eigenvalue weighted by Crippen LogP contribution is -2.48. The minimum atomic E-state index is -0.118. The third-order valence-electron chi connectivity index (χ3n) is 4.93. The lowest BCUT2D eigenvalue weighted by molar-refractivity contribution is 0.219. The van der Waals surface area contributed by atoms with Crippen molar-refractivity contribution in [1.82, 2.24) is 4.90 Å². The van der Waals surface area contributed by atoms with Crippen LogP contribution in [0.5, 0.6) is 0 Å². The molecule has 2 aliphatic rings. The first-order valence-corrected chi connectivity index (χ1v) is 7.74. The highest BCUT2D eigenvalue weighted by Gasteiger charge is 2.42. The van der Waals surface area contributed by atoms with Crippen LogP contribution in [0.4, 0.5) is 0 Å². The van der Waals surface area contributed by atoms with E-state index in [0.717, 1.165) is 19.0 Å². The second-order valence-corrected chi connectivity index (χ2v) is 6.53. The molecule has 21 heavy (non-hydrogen) atoms. The Hall–Kier alpha value is -2.03. The number of fused-ring (bicyclic) bond motifs is 1. The molecule has 1 fully saturated rings. The summed E-state index contributed by atoms with van der Waals surface area (Å²) in [6.45, 7) is 4.06. The summed E-state index contributed by atoms with van der Waals surface area (Å²) in [5.74, 6) is 1.50. The van der Waals surface area contributed by atoms with Gasteiger partial charge in [0.1, 0.15) is 0 Å². The van der Waals surface area contributed by atoms with Crippen LogP contribution in [0.1, 0.15) is 25.3 Å². The quantitative estimate of drug-likeness (QED) is 0.938. The zero-order valence-corrected chi connectivity index (χ0v) is 12.4. The number of benzene rings is 2. The van der Waals surface area contributed by atoms with E-state index in [2.05, 4.69) is 59.3 Å². The van der Waals surface area contributed by atoms with Crippen LogP contribution < -0.4 is 5.73 Å². The topological polar surface area (TPSA) is 41.6 Å². The van der Waals surface area contributed by atoms with Crippen molar-refractivity contribution in [3.05, 3.63) is 48.0 Å². The SMILES string of the molecule is CC1(c2cccc3ccccc23)CN=C(N)N1CC1CC1. The summed E-state index contributed by atoms with van der Waals surface area (Å²) in [4.78, 5) is 6.88. The predicted molar refractivity (Wildman–Crippen MR) is 87.2 cm³/mol. The highest BCUT2D eigenvalue weighted by atomic mass is 15.4. The van der Waals surface area contributed by atoms with Crippen molar-refractivity contribution in [3.8, 4) is 0 Å². The standard InChI is InChI=1S/C18H21N3/c1-18(12-20-17(19)21(18)11-13-9-10-13)16-8-4-6-14-5-2-3-7-15(14)16/h2-8,13H,9-12H2,1H3,(H2,19,20). The Balaban J connectivity index is 1.82. The number of rotatable bonds is 3. The van der Waals surface area contributed by atoms with Gasteiger partial charge >= 0.3 is 0 Å². The van der Waals surface area contributed by atoms with Crippen LogP contribution >= 0.6 is 0 Å². The van der Waals surface area contributed by atoms with Crippen molar-refractivity contribution < 1.29 is 0 Å². The molecule has 0 aromatic heterocycles. The molecule has 0 saturated heterocycles. The smallest absolute Gasteiger partial charge is 0.192 e. The largest absolute Gasteiger partial charge is 0.370 e. The molecule has 2 N–H and O–H groups in total. The Labute approximate surface area is 125 Å². The number of hydrogen-bond donors (Lipinski definition) is 1. The number of aliphatic imine (C=N–C) groups is 1. The van der Waals surface area contributed by atoms with E-state index >= 15 is 0 Å². The Morgan fingerprint density at radius 3 is 2.76 bits per heavy atom. The zero-order valence-electron chi connectivity index (χ0n) is 12.4. The molecule has 4 rings (SSSR count). The second kappa shape index (κ2) is 4.48. The summed E-state index contributed by atoms with van der Waals surface area (Å²) in [5.41, 5.74) is 7.41. The van der Waals surface area contributed by atoms with Crippen molar-refractivity contribution in [2.24, 2.45) is 16.6 Å². The van der Waals surface area contributed by atoms with Crippen LogP contribution in [0, 0.1) is 5.92 Å². The van der Waals surface area contributed by atoms with Gasteiger partial charge in [0.15, 0.2) is 5.96 Å². The van der Waals surface area contributed by atoms with Crippen LogP contribution in [-0.2, 0) is 5.54 Å². The molecule has 1 atom stereocenters. The van der Waals surface area contributed by atoms with E-state index in [0.29, 0.717) is 5.96 Å². The minimum absolute atomic E-state index is 0.118. The predicted octanol–water partition coefficient (Wildman–Crippen LogP) is 3.10. The van der Waals surface area contributed by atoms with Crippen LogP contribution in [0.2, 0.25) is 0 Å². The molecule has 0 radical (unpaired) electrons. The van der Waals surface area contributed by atoms with E-state index in [1.165, 1.54) is 29.2 Å². The van der Waals surface area contributed by atoms with E-state index in [4.69, 9.17) is 5.73 Å². The van der Waals surface area contributed by atoms with Gasteiger partial charge in [0, 0.05) is 6.54 Å². The molecule has 108 valence electrons. The van der Waals surface area contributed by atoms with E-state index in [1.54, 1.807) is 0 Å². The molecule has 0 spiro atoms. The third-order valence-corrected chi connectivity index (χ3v) is 4.93. The molecular weight excluding hydrogens is 258 g/mol. The highest BCUT2D eigenvalue weighted by Crippen LogP contribution is 2.40. The minimum Gasteiger partial charge on any atom is -0.370 e. The van der Waals surface area contributed by atoms with Gasteiger partial charge in [-0.2, -0.15) is 0 Å². The Morgan fingerprint density at radius 1 is 1.19 bits per heavy atom. The van der Waals surface area contributed by atoms with Gasteiger partial charge in [0.25, 0.3) is 0 Å². The maximum Gasteiger partial charge on any atom is 0.192 e. The van der Waals surface area contributed by atoms with Gasteiger partial charge in [-0.05, 0) is 42.0 Å². The first-order chi connectivity index (χ1) is 10.2. The summed E-state index contributed by atoms with van der Waals surface area (Å²) in [7, 11) is 0. The molecule has 3 nitrogen and oxygen atoms in total. The van der Waals surface area contributed by atoms with E-state index in [1.807, 2.05) is 0 Å². The van der Waals surface area contributed by atoms with Crippen molar-refractivity contribution in [1.29, 1.82) is 0 Å². The van der Waals surface area contributed by atoms with Crippen molar-refractivity contribution >= 4 is 16.7 Å². The molecule has 0 amide bonds. The fourth-order valence-corrected chi connectivity index (χ4v) is 3.44. The first kappa shape index (κ1) is 12.7. The Kier molecular flexibility index (Phi) is 2.71. The van der Waals surface area contributed by atoms with Crippen LogP contribution in [0.25, 0.3) is 10.8 Å². The van der Waals surface area contributed by atoms with Crippen LogP contribution in [-0.4, -0.2) is 23.9 Å². The molecule has 1 saturated carbocycles. The van der Waals surface area contributed by atoms with Crippen LogP contribution in [0.3, 0.4) is 0 Å².